The number of nitrogens with zero attached hydrogens (tertiary/aromatic N) is 1. The van der Waals surface area contributed by atoms with Crippen LogP contribution >= 0.6 is 0 Å². The lowest BCUT2D eigenvalue weighted by Crippen LogP contribution is -2.39. The van der Waals surface area contributed by atoms with Crippen LogP contribution in [0.15, 0.2) is 4.99 Å². The van der Waals surface area contributed by atoms with Crippen molar-refractivity contribution in [2.45, 2.75) is 26.3 Å². The highest BCUT2D eigenvalue weighted by Crippen LogP contribution is 1.98. The molecule has 0 aliphatic rings. The Balaban J connectivity index is 4.03. The highest BCUT2D eigenvalue weighted by atomic mass is 14.8. The molecular weight excluding hydrogens is 100 g/mol. The SMILES string of the molecule is CN=C(C)C(C)(C)N. The number of hydrogen-bond acceptors (Lipinski definition) is 2. The van der Waals surface area contributed by atoms with Crippen LogP contribution in [-0.2, 0) is 0 Å². The summed E-state index contributed by atoms with van der Waals surface area (Å²) in [6.45, 7) is 5.81. The van der Waals surface area contributed by atoms with Crippen LogP contribution in [0, 0.1) is 0 Å². The molecule has 0 bridgehead atoms. The van der Waals surface area contributed by atoms with E-state index in [1.807, 2.05) is 20.8 Å². The Bertz CT molecular complexity index is 97.6. The third kappa shape index (κ3) is 2.07. The molecule has 0 aromatic heterocycles. The van der Waals surface area contributed by atoms with Gasteiger partial charge in [-0.3, -0.25) is 4.99 Å². The molecule has 2 heteroatoms. The minimum atomic E-state index is -0.241. The predicted octanol–water partition coefficient (Wildman–Crippen LogP) is 0.814. The molecular formula is C6H14N2. The molecule has 8 heavy (non-hydrogen) atoms. The zero-order valence-electron chi connectivity index (χ0n) is 6.02. The van der Waals surface area contributed by atoms with Gasteiger partial charge < -0.3 is 5.73 Å². The van der Waals surface area contributed by atoms with Crippen LogP contribution in [0.5, 0.6) is 0 Å². The van der Waals surface area contributed by atoms with E-state index >= 15 is 0 Å². The number of rotatable bonds is 1. The lowest BCUT2D eigenvalue weighted by atomic mass is 10.0. The fourth-order valence-corrected chi connectivity index (χ4v) is 0.288. The zero-order valence-corrected chi connectivity index (χ0v) is 6.02. The molecule has 48 valence electrons. The van der Waals surface area contributed by atoms with Crippen molar-refractivity contribution in [1.29, 1.82) is 0 Å². The van der Waals surface area contributed by atoms with Crippen molar-refractivity contribution in [2.75, 3.05) is 7.05 Å². The van der Waals surface area contributed by atoms with Crippen molar-refractivity contribution in [2.24, 2.45) is 10.7 Å². The summed E-state index contributed by atoms with van der Waals surface area (Å²) in [6.07, 6.45) is 0. The first-order chi connectivity index (χ1) is 3.48. The van der Waals surface area contributed by atoms with Crippen LogP contribution in [0.25, 0.3) is 0 Å². The van der Waals surface area contributed by atoms with E-state index in [1.165, 1.54) is 0 Å². The Morgan fingerprint density at radius 1 is 1.50 bits per heavy atom. The van der Waals surface area contributed by atoms with Crippen molar-refractivity contribution in [1.82, 2.24) is 0 Å². The second kappa shape index (κ2) is 2.27. The molecule has 0 aromatic carbocycles. The van der Waals surface area contributed by atoms with Crippen molar-refractivity contribution >= 4 is 5.71 Å². The molecule has 0 aliphatic carbocycles. The van der Waals surface area contributed by atoms with Crippen molar-refractivity contribution in [3.05, 3.63) is 0 Å². The minimum Gasteiger partial charge on any atom is -0.321 e. The summed E-state index contributed by atoms with van der Waals surface area (Å²) in [6, 6.07) is 0. The summed E-state index contributed by atoms with van der Waals surface area (Å²) >= 11 is 0. The lowest BCUT2D eigenvalue weighted by molar-refractivity contribution is 0.693. The average Bonchev–Trinajstić information content (AvgIpc) is 1.62. The molecule has 0 saturated carbocycles. The smallest absolute Gasteiger partial charge is 0.0479 e. The Morgan fingerprint density at radius 3 is 1.88 bits per heavy atom. The molecule has 0 aromatic rings. The molecule has 0 rings (SSSR count). The fraction of sp³-hybridized carbons (Fsp3) is 0.833. The second-order valence-corrected chi connectivity index (χ2v) is 2.53. The minimum absolute atomic E-state index is 0.241. The standard InChI is InChI=1S/C6H14N2/c1-5(8-4)6(2,3)7/h7H2,1-4H3. The van der Waals surface area contributed by atoms with Gasteiger partial charge in [0.25, 0.3) is 0 Å². The molecule has 0 unspecified atom stereocenters. The molecule has 0 fully saturated rings. The molecule has 2 nitrogen and oxygen atoms in total. The molecule has 2 N–H and O–H groups in total. The first-order valence-corrected chi connectivity index (χ1v) is 2.71. The summed E-state index contributed by atoms with van der Waals surface area (Å²) in [4.78, 5) is 3.95. The van der Waals surface area contributed by atoms with Gasteiger partial charge in [-0.1, -0.05) is 0 Å². The highest BCUT2D eigenvalue weighted by Gasteiger charge is 2.12. The Hall–Kier alpha value is -0.370. The number of aliphatic imine (C=N–C) groups is 1. The first kappa shape index (κ1) is 7.63. The van der Waals surface area contributed by atoms with Gasteiger partial charge in [-0.25, -0.2) is 0 Å². The second-order valence-electron chi connectivity index (χ2n) is 2.53. The monoisotopic (exact) mass is 114 g/mol. The van der Waals surface area contributed by atoms with Gasteiger partial charge in [0.05, 0.1) is 0 Å². The third-order valence-corrected chi connectivity index (χ3v) is 1.27. The summed E-state index contributed by atoms with van der Waals surface area (Å²) in [7, 11) is 1.75. The van der Waals surface area contributed by atoms with Gasteiger partial charge in [0.2, 0.25) is 0 Å². The van der Waals surface area contributed by atoms with E-state index in [4.69, 9.17) is 5.73 Å². The average molecular weight is 114 g/mol. The maximum Gasteiger partial charge on any atom is 0.0479 e. The van der Waals surface area contributed by atoms with E-state index in [9.17, 15) is 0 Å². The Labute approximate surface area is 50.8 Å². The number of hydrogen-bond donors (Lipinski definition) is 1. The zero-order chi connectivity index (χ0) is 6.78. The molecule has 0 heterocycles. The molecule has 0 spiro atoms. The van der Waals surface area contributed by atoms with Crippen LogP contribution < -0.4 is 5.73 Å². The summed E-state index contributed by atoms with van der Waals surface area (Å²) in [5.74, 6) is 0. The van der Waals surface area contributed by atoms with E-state index in [0.29, 0.717) is 0 Å². The van der Waals surface area contributed by atoms with E-state index in [1.54, 1.807) is 7.05 Å². The highest BCUT2D eigenvalue weighted by molar-refractivity contribution is 5.90. The summed E-state index contributed by atoms with van der Waals surface area (Å²) in [5.41, 5.74) is 6.40. The lowest BCUT2D eigenvalue weighted by Gasteiger charge is -2.16. The predicted molar refractivity (Wildman–Crippen MR) is 37.3 cm³/mol. The van der Waals surface area contributed by atoms with Gasteiger partial charge in [0.15, 0.2) is 0 Å². The Morgan fingerprint density at radius 2 is 1.88 bits per heavy atom. The van der Waals surface area contributed by atoms with Crippen molar-refractivity contribution < 1.29 is 0 Å². The van der Waals surface area contributed by atoms with Gasteiger partial charge in [0.1, 0.15) is 0 Å². The van der Waals surface area contributed by atoms with Gasteiger partial charge in [-0.15, -0.1) is 0 Å². The van der Waals surface area contributed by atoms with Crippen LogP contribution in [0.2, 0.25) is 0 Å². The van der Waals surface area contributed by atoms with Gasteiger partial charge in [-0.05, 0) is 20.8 Å². The molecule has 0 aliphatic heterocycles. The normalized spacial score (nSPS) is 14.4. The Kier molecular flexibility index (Phi) is 2.16. The molecule has 0 saturated heterocycles. The van der Waals surface area contributed by atoms with Crippen LogP contribution in [0.4, 0.5) is 0 Å². The van der Waals surface area contributed by atoms with Gasteiger partial charge in [-0.2, -0.15) is 0 Å². The van der Waals surface area contributed by atoms with E-state index in [0.717, 1.165) is 5.71 Å². The quantitative estimate of drug-likeness (QED) is 0.503. The largest absolute Gasteiger partial charge is 0.321 e. The molecule has 0 amide bonds. The van der Waals surface area contributed by atoms with E-state index in [-0.39, 0.29) is 5.54 Å². The topological polar surface area (TPSA) is 38.4 Å². The van der Waals surface area contributed by atoms with E-state index in [2.05, 4.69) is 4.99 Å². The first-order valence-electron chi connectivity index (χ1n) is 2.71. The van der Waals surface area contributed by atoms with Crippen molar-refractivity contribution in [3.8, 4) is 0 Å². The molecule has 0 radical (unpaired) electrons. The van der Waals surface area contributed by atoms with Gasteiger partial charge in [0, 0.05) is 18.3 Å². The maximum atomic E-state index is 5.66. The fourth-order valence-electron chi connectivity index (χ4n) is 0.288. The van der Waals surface area contributed by atoms with Crippen LogP contribution in [0.3, 0.4) is 0 Å². The van der Waals surface area contributed by atoms with Gasteiger partial charge >= 0.3 is 0 Å². The third-order valence-electron chi connectivity index (χ3n) is 1.27. The van der Waals surface area contributed by atoms with Crippen molar-refractivity contribution in [3.63, 3.8) is 0 Å². The summed E-state index contributed by atoms with van der Waals surface area (Å²) in [5, 5.41) is 0. The maximum absolute atomic E-state index is 5.66. The van der Waals surface area contributed by atoms with Crippen LogP contribution in [-0.4, -0.2) is 18.3 Å². The number of nitrogens with two attached hydrogens (primary N) is 1. The summed E-state index contributed by atoms with van der Waals surface area (Å²) < 4.78 is 0. The van der Waals surface area contributed by atoms with E-state index < -0.39 is 0 Å². The molecule has 0 atom stereocenters. The van der Waals surface area contributed by atoms with Crippen LogP contribution in [0.1, 0.15) is 20.8 Å².